The van der Waals surface area contributed by atoms with Crippen molar-refractivity contribution < 1.29 is 0 Å². The van der Waals surface area contributed by atoms with Gasteiger partial charge < -0.3 is 4.90 Å². The molecular weight excluding hydrogens is 204 g/mol. The Bertz CT molecular complexity index is 121. The molecule has 66 valence electrons. The maximum Gasteiger partial charge on any atom is 0.0406 e. The Labute approximate surface area is 84.4 Å². The number of rotatable bonds is 4. The topological polar surface area (TPSA) is 3.24 Å². The van der Waals surface area contributed by atoms with Gasteiger partial charge in [-0.15, -0.1) is 35.6 Å². The highest BCUT2D eigenvalue weighted by molar-refractivity contribution is 6.18. The fraction of sp³-hybridized carbons (Fsp3) is 0.714. The molecule has 0 saturated carbocycles. The molecule has 0 rings (SSSR count). The molecule has 0 aliphatic rings. The second kappa shape index (κ2) is 10.2. The van der Waals surface area contributed by atoms with E-state index in [1.54, 1.807) is 6.92 Å². The first-order chi connectivity index (χ1) is 4.85. The van der Waals surface area contributed by atoms with E-state index in [4.69, 9.17) is 23.2 Å². The molecule has 11 heavy (non-hydrogen) atoms. The van der Waals surface area contributed by atoms with E-state index in [0.29, 0.717) is 11.8 Å². The van der Waals surface area contributed by atoms with Crippen molar-refractivity contribution >= 4 is 35.6 Å². The van der Waals surface area contributed by atoms with Crippen LogP contribution in [-0.2, 0) is 0 Å². The van der Waals surface area contributed by atoms with Gasteiger partial charge in [0.25, 0.3) is 0 Å². The van der Waals surface area contributed by atoms with Gasteiger partial charge in [0.15, 0.2) is 0 Å². The van der Waals surface area contributed by atoms with Gasteiger partial charge in [-0.3, -0.25) is 0 Å². The van der Waals surface area contributed by atoms with Crippen molar-refractivity contribution in [1.29, 1.82) is 0 Å². The smallest absolute Gasteiger partial charge is 0.0406 e. The number of hydrogen-bond acceptors (Lipinski definition) is 1. The monoisotopic (exact) mass is 215 g/mol. The Hall–Kier alpha value is 0.230. The molecule has 0 aliphatic heterocycles. The summed E-state index contributed by atoms with van der Waals surface area (Å²) in [7, 11) is 0. The highest BCUT2D eigenvalue weighted by Gasteiger charge is 1.94. The van der Waals surface area contributed by atoms with Crippen LogP contribution in [0.15, 0.2) is 0 Å². The van der Waals surface area contributed by atoms with Crippen molar-refractivity contribution in [1.82, 2.24) is 4.90 Å². The van der Waals surface area contributed by atoms with Gasteiger partial charge in [-0.2, -0.15) is 0 Å². The number of alkyl halides is 2. The first-order valence-electron chi connectivity index (χ1n) is 3.14. The molecular formula is C7H12Cl3N. The lowest BCUT2D eigenvalue weighted by Gasteiger charge is -2.13. The lowest BCUT2D eigenvalue weighted by atomic mass is 10.5. The SMILES string of the molecule is CC#CN(CCCl)CCCl.Cl. The van der Waals surface area contributed by atoms with E-state index in [9.17, 15) is 0 Å². The molecule has 0 heterocycles. The van der Waals surface area contributed by atoms with Gasteiger partial charge in [-0.25, -0.2) is 0 Å². The normalized spacial score (nSPS) is 7.55. The number of nitrogens with zero attached hydrogens (tertiary/aromatic N) is 1. The average molecular weight is 217 g/mol. The standard InChI is InChI=1S/C7H11Cl2N.ClH/c1-2-5-10(6-3-8)7-4-9;/h3-4,6-7H2,1H3;1H. The maximum absolute atomic E-state index is 5.52. The van der Waals surface area contributed by atoms with Crippen molar-refractivity contribution in [2.24, 2.45) is 0 Å². The predicted molar refractivity (Wildman–Crippen MR) is 53.7 cm³/mol. The van der Waals surface area contributed by atoms with Crippen molar-refractivity contribution in [2.45, 2.75) is 6.92 Å². The van der Waals surface area contributed by atoms with Crippen LogP contribution in [0.3, 0.4) is 0 Å². The number of hydrogen-bond donors (Lipinski definition) is 0. The van der Waals surface area contributed by atoms with Gasteiger partial charge in [0, 0.05) is 30.9 Å². The van der Waals surface area contributed by atoms with Crippen LogP contribution in [0, 0.1) is 12.0 Å². The van der Waals surface area contributed by atoms with E-state index < -0.39 is 0 Å². The lowest BCUT2D eigenvalue weighted by molar-refractivity contribution is 0.449. The summed E-state index contributed by atoms with van der Waals surface area (Å²) in [5.74, 6) is 4.00. The number of halogens is 3. The van der Waals surface area contributed by atoms with E-state index in [1.807, 2.05) is 4.90 Å². The molecule has 0 amide bonds. The third-order valence-corrected chi connectivity index (χ3v) is 1.32. The van der Waals surface area contributed by atoms with Crippen molar-refractivity contribution in [2.75, 3.05) is 24.8 Å². The Morgan fingerprint density at radius 3 is 1.91 bits per heavy atom. The summed E-state index contributed by atoms with van der Waals surface area (Å²) in [6.07, 6.45) is 0. The molecule has 0 aliphatic carbocycles. The van der Waals surface area contributed by atoms with E-state index in [0.717, 1.165) is 13.1 Å². The first-order valence-corrected chi connectivity index (χ1v) is 4.21. The van der Waals surface area contributed by atoms with Crippen LogP contribution in [0.25, 0.3) is 0 Å². The van der Waals surface area contributed by atoms with Crippen LogP contribution in [0.2, 0.25) is 0 Å². The van der Waals surface area contributed by atoms with Crippen LogP contribution < -0.4 is 0 Å². The zero-order chi connectivity index (χ0) is 7.82. The third kappa shape index (κ3) is 8.13. The van der Waals surface area contributed by atoms with Crippen LogP contribution in [0.5, 0.6) is 0 Å². The fourth-order valence-corrected chi connectivity index (χ4v) is 0.994. The zero-order valence-electron chi connectivity index (χ0n) is 6.44. The van der Waals surface area contributed by atoms with Crippen LogP contribution in [0.4, 0.5) is 0 Å². The highest BCUT2D eigenvalue weighted by atomic mass is 35.5. The quantitative estimate of drug-likeness (QED) is 0.396. The van der Waals surface area contributed by atoms with Crippen LogP contribution in [0.1, 0.15) is 6.92 Å². The largest absolute Gasteiger partial charge is 0.330 e. The first kappa shape index (κ1) is 13.8. The van der Waals surface area contributed by atoms with Gasteiger partial charge >= 0.3 is 0 Å². The second-order valence-electron chi connectivity index (χ2n) is 1.73. The van der Waals surface area contributed by atoms with Crippen LogP contribution >= 0.6 is 35.6 Å². The summed E-state index contributed by atoms with van der Waals surface area (Å²) in [6, 6.07) is 2.90. The maximum atomic E-state index is 5.52. The predicted octanol–water partition coefficient (Wildman–Crippen LogP) is 2.17. The van der Waals surface area contributed by atoms with Gasteiger partial charge in [-0.05, 0) is 6.92 Å². The van der Waals surface area contributed by atoms with E-state index >= 15 is 0 Å². The molecule has 0 unspecified atom stereocenters. The van der Waals surface area contributed by atoms with Crippen molar-refractivity contribution in [3.63, 3.8) is 0 Å². The molecule has 0 radical (unpaired) electrons. The minimum absolute atomic E-state index is 0. The minimum Gasteiger partial charge on any atom is -0.330 e. The van der Waals surface area contributed by atoms with Crippen molar-refractivity contribution in [3.05, 3.63) is 0 Å². The molecule has 0 saturated heterocycles. The minimum atomic E-state index is 0. The van der Waals surface area contributed by atoms with Crippen LogP contribution in [-0.4, -0.2) is 29.7 Å². The Morgan fingerprint density at radius 2 is 1.64 bits per heavy atom. The molecule has 0 N–H and O–H groups in total. The molecule has 0 aromatic heterocycles. The molecule has 4 heteroatoms. The molecule has 0 aromatic rings. The fourth-order valence-electron chi connectivity index (χ4n) is 0.586. The molecule has 0 aromatic carbocycles. The van der Waals surface area contributed by atoms with E-state index in [2.05, 4.69) is 12.0 Å². The summed E-state index contributed by atoms with van der Waals surface area (Å²) in [5, 5.41) is 0. The molecule has 0 bridgehead atoms. The second-order valence-corrected chi connectivity index (χ2v) is 2.48. The summed E-state index contributed by atoms with van der Waals surface area (Å²) in [5.41, 5.74) is 0. The van der Waals surface area contributed by atoms with Crippen molar-refractivity contribution in [3.8, 4) is 12.0 Å². The summed E-state index contributed by atoms with van der Waals surface area (Å²) in [6.45, 7) is 3.37. The summed E-state index contributed by atoms with van der Waals surface area (Å²) >= 11 is 11.0. The van der Waals surface area contributed by atoms with E-state index in [-0.39, 0.29) is 12.4 Å². The Morgan fingerprint density at radius 1 is 1.18 bits per heavy atom. The van der Waals surface area contributed by atoms with Gasteiger partial charge in [0.2, 0.25) is 0 Å². The Balaban J connectivity index is 0. The summed E-state index contributed by atoms with van der Waals surface area (Å²) in [4.78, 5) is 1.92. The highest BCUT2D eigenvalue weighted by Crippen LogP contribution is 1.88. The molecule has 0 fully saturated rings. The third-order valence-electron chi connectivity index (χ3n) is 0.979. The zero-order valence-corrected chi connectivity index (χ0v) is 8.77. The summed E-state index contributed by atoms with van der Waals surface area (Å²) < 4.78 is 0. The van der Waals surface area contributed by atoms with Gasteiger partial charge in [0.05, 0.1) is 0 Å². The molecule has 1 nitrogen and oxygen atoms in total. The van der Waals surface area contributed by atoms with E-state index in [1.165, 1.54) is 0 Å². The lowest BCUT2D eigenvalue weighted by Crippen LogP contribution is -2.22. The Kier molecular flexibility index (Phi) is 12.8. The van der Waals surface area contributed by atoms with Gasteiger partial charge in [-0.1, -0.05) is 5.92 Å². The average Bonchev–Trinajstić information content (AvgIpc) is 1.90. The molecule has 0 atom stereocenters. The molecule has 0 spiro atoms. The van der Waals surface area contributed by atoms with Gasteiger partial charge in [0.1, 0.15) is 0 Å².